The summed E-state index contributed by atoms with van der Waals surface area (Å²) in [5.41, 5.74) is 3.26. The van der Waals surface area contributed by atoms with Crippen LogP contribution in [0.1, 0.15) is 16.9 Å². The average Bonchev–Trinajstić information content (AvgIpc) is 3.24. The molecule has 2 aromatic rings. The van der Waals surface area contributed by atoms with Gasteiger partial charge in [0.2, 0.25) is 0 Å². The lowest BCUT2D eigenvalue weighted by Gasteiger charge is -2.32. The number of imide groups is 1. The summed E-state index contributed by atoms with van der Waals surface area (Å²) < 4.78 is 0. The topological polar surface area (TPSA) is 40.6 Å². The molecule has 1 aromatic carbocycles. The van der Waals surface area contributed by atoms with Crippen molar-refractivity contribution in [2.24, 2.45) is 0 Å². The Morgan fingerprint density at radius 3 is 2.72 bits per heavy atom. The van der Waals surface area contributed by atoms with Crippen molar-refractivity contribution in [2.45, 2.75) is 12.8 Å². The van der Waals surface area contributed by atoms with E-state index in [2.05, 4.69) is 12.6 Å². The van der Waals surface area contributed by atoms with Crippen LogP contribution in [0.3, 0.4) is 0 Å². The Morgan fingerprint density at radius 2 is 1.96 bits per heavy atom. The molecule has 0 fully saturated rings. The molecule has 3 heterocycles. The molecule has 0 bridgehead atoms. The van der Waals surface area contributed by atoms with Gasteiger partial charge in [0.1, 0.15) is 5.70 Å². The molecule has 2 aliphatic heterocycles. The number of para-hydroxylation sites is 1. The summed E-state index contributed by atoms with van der Waals surface area (Å²) >= 11 is 1.49. The SMILES string of the molecule is C=CCN1C(=O)C(c2cccs2)=C(N2CCCc3ccccc32)C1=O. The van der Waals surface area contributed by atoms with Crippen LogP contribution < -0.4 is 4.90 Å². The number of amides is 2. The van der Waals surface area contributed by atoms with E-state index < -0.39 is 0 Å². The molecule has 1 aromatic heterocycles. The van der Waals surface area contributed by atoms with E-state index in [1.54, 1.807) is 6.08 Å². The van der Waals surface area contributed by atoms with Gasteiger partial charge in [-0.3, -0.25) is 14.5 Å². The highest BCUT2D eigenvalue weighted by molar-refractivity contribution is 7.11. The molecule has 0 radical (unpaired) electrons. The third-order valence-corrected chi connectivity index (χ3v) is 5.49. The minimum absolute atomic E-state index is 0.228. The first-order valence-corrected chi connectivity index (χ1v) is 9.21. The standard InChI is InChI=1S/C20H18N2O2S/c1-2-11-22-19(23)17(16-10-6-13-25-16)18(20(22)24)21-12-5-8-14-7-3-4-9-15(14)21/h2-4,6-7,9-10,13H,1,5,8,11-12H2. The van der Waals surface area contributed by atoms with Crippen LogP contribution in [0.15, 0.2) is 60.1 Å². The van der Waals surface area contributed by atoms with Crippen LogP contribution in [0.4, 0.5) is 5.69 Å². The van der Waals surface area contributed by atoms with Gasteiger partial charge in [-0.05, 0) is 35.9 Å². The number of carbonyl (C=O) groups excluding carboxylic acids is 2. The van der Waals surface area contributed by atoms with Crippen LogP contribution in [-0.2, 0) is 16.0 Å². The van der Waals surface area contributed by atoms with E-state index >= 15 is 0 Å². The first kappa shape index (κ1) is 15.8. The van der Waals surface area contributed by atoms with Gasteiger partial charge in [0.15, 0.2) is 0 Å². The van der Waals surface area contributed by atoms with Gasteiger partial charge in [0, 0.05) is 23.7 Å². The second kappa shape index (κ2) is 6.33. The minimum atomic E-state index is -0.231. The molecule has 2 amide bonds. The zero-order chi connectivity index (χ0) is 17.4. The van der Waals surface area contributed by atoms with E-state index in [9.17, 15) is 9.59 Å². The van der Waals surface area contributed by atoms with Gasteiger partial charge in [-0.25, -0.2) is 0 Å². The van der Waals surface area contributed by atoms with E-state index in [0.717, 1.165) is 30.0 Å². The number of hydrogen-bond donors (Lipinski definition) is 0. The quantitative estimate of drug-likeness (QED) is 0.626. The monoisotopic (exact) mass is 350 g/mol. The molecule has 25 heavy (non-hydrogen) atoms. The Kier molecular flexibility index (Phi) is 4.01. The fourth-order valence-corrected chi connectivity index (χ4v) is 4.28. The first-order chi connectivity index (χ1) is 12.2. The maximum atomic E-state index is 13.1. The molecule has 0 atom stereocenters. The molecule has 5 heteroatoms. The number of hydrogen-bond acceptors (Lipinski definition) is 4. The Labute approximate surface area is 150 Å². The lowest BCUT2D eigenvalue weighted by molar-refractivity contribution is -0.136. The molecule has 0 N–H and O–H groups in total. The van der Waals surface area contributed by atoms with E-state index in [1.165, 1.54) is 21.8 Å². The minimum Gasteiger partial charge on any atom is -0.336 e. The normalized spacial score (nSPS) is 17.3. The molecular weight excluding hydrogens is 332 g/mol. The van der Waals surface area contributed by atoms with Crippen LogP contribution in [0.2, 0.25) is 0 Å². The van der Waals surface area contributed by atoms with E-state index in [4.69, 9.17) is 0 Å². The smallest absolute Gasteiger partial charge is 0.278 e. The van der Waals surface area contributed by atoms with Gasteiger partial charge in [0.05, 0.1) is 5.57 Å². The number of thiophene rings is 1. The molecule has 0 unspecified atom stereocenters. The highest BCUT2D eigenvalue weighted by Gasteiger charge is 2.42. The Bertz CT molecular complexity index is 883. The van der Waals surface area contributed by atoms with Gasteiger partial charge >= 0.3 is 0 Å². The van der Waals surface area contributed by atoms with E-state index in [-0.39, 0.29) is 18.4 Å². The summed E-state index contributed by atoms with van der Waals surface area (Å²) in [6, 6.07) is 11.9. The van der Waals surface area contributed by atoms with Crippen molar-refractivity contribution in [3.05, 3.63) is 70.6 Å². The maximum Gasteiger partial charge on any atom is 0.278 e. The summed E-state index contributed by atoms with van der Waals surface area (Å²) in [5, 5.41) is 1.93. The van der Waals surface area contributed by atoms with Crippen molar-refractivity contribution in [1.29, 1.82) is 0 Å². The Balaban J connectivity index is 1.89. The number of rotatable bonds is 4. The molecule has 4 nitrogen and oxygen atoms in total. The average molecular weight is 350 g/mol. The molecular formula is C20H18N2O2S. The lowest BCUT2D eigenvalue weighted by atomic mass is 10.00. The summed E-state index contributed by atoms with van der Waals surface area (Å²) in [6.45, 7) is 4.64. The van der Waals surface area contributed by atoms with E-state index in [0.29, 0.717) is 11.3 Å². The van der Waals surface area contributed by atoms with Crippen molar-refractivity contribution >= 4 is 34.4 Å². The number of benzene rings is 1. The third-order valence-electron chi connectivity index (χ3n) is 4.60. The second-order valence-electron chi connectivity index (χ2n) is 6.09. The highest BCUT2D eigenvalue weighted by atomic mass is 32.1. The van der Waals surface area contributed by atoms with Crippen molar-refractivity contribution in [3.63, 3.8) is 0 Å². The maximum absolute atomic E-state index is 13.1. The number of aryl methyl sites for hydroxylation is 1. The molecule has 2 aliphatic rings. The predicted molar refractivity (Wildman–Crippen MR) is 100 cm³/mol. The molecule has 126 valence electrons. The third kappa shape index (κ3) is 2.51. The number of fused-ring (bicyclic) bond motifs is 1. The predicted octanol–water partition coefficient (Wildman–Crippen LogP) is 3.47. The van der Waals surface area contributed by atoms with Crippen LogP contribution in [-0.4, -0.2) is 29.8 Å². The number of nitrogens with zero attached hydrogens (tertiary/aromatic N) is 2. The summed E-state index contributed by atoms with van der Waals surface area (Å²) in [4.78, 5) is 30.2. The van der Waals surface area contributed by atoms with Gasteiger partial charge in [0.25, 0.3) is 11.8 Å². The number of anilines is 1. The number of carbonyl (C=O) groups is 2. The largest absolute Gasteiger partial charge is 0.336 e. The zero-order valence-corrected chi connectivity index (χ0v) is 14.6. The molecule has 0 aliphatic carbocycles. The molecule has 0 saturated heterocycles. The van der Waals surface area contributed by atoms with Gasteiger partial charge in [-0.15, -0.1) is 17.9 Å². The van der Waals surface area contributed by atoms with Crippen LogP contribution in [0.25, 0.3) is 5.57 Å². The molecule has 4 rings (SSSR count). The van der Waals surface area contributed by atoms with Crippen molar-refractivity contribution < 1.29 is 9.59 Å². The van der Waals surface area contributed by atoms with Crippen molar-refractivity contribution in [2.75, 3.05) is 18.0 Å². The molecule has 0 spiro atoms. The zero-order valence-electron chi connectivity index (χ0n) is 13.8. The van der Waals surface area contributed by atoms with Gasteiger partial charge < -0.3 is 4.90 Å². The fraction of sp³-hybridized carbons (Fsp3) is 0.200. The van der Waals surface area contributed by atoms with E-state index in [1.807, 2.05) is 40.6 Å². The summed E-state index contributed by atoms with van der Waals surface area (Å²) in [7, 11) is 0. The summed E-state index contributed by atoms with van der Waals surface area (Å²) in [6.07, 6.45) is 3.54. The highest BCUT2D eigenvalue weighted by Crippen LogP contribution is 2.38. The van der Waals surface area contributed by atoms with Gasteiger partial charge in [-0.1, -0.05) is 30.3 Å². The molecule has 0 saturated carbocycles. The van der Waals surface area contributed by atoms with Gasteiger partial charge in [-0.2, -0.15) is 0 Å². The second-order valence-corrected chi connectivity index (χ2v) is 7.04. The van der Waals surface area contributed by atoms with Crippen molar-refractivity contribution in [3.8, 4) is 0 Å². The van der Waals surface area contributed by atoms with Crippen LogP contribution >= 0.6 is 11.3 Å². The summed E-state index contributed by atoms with van der Waals surface area (Å²) in [5.74, 6) is -0.463. The first-order valence-electron chi connectivity index (χ1n) is 8.33. The Hall–Kier alpha value is -2.66. The lowest BCUT2D eigenvalue weighted by Crippen LogP contribution is -2.37. The van der Waals surface area contributed by atoms with Crippen LogP contribution in [0, 0.1) is 0 Å². The van der Waals surface area contributed by atoms with Crippen LogP contribution in [0.5, 0.6) is 0 Å². The Morgan fingerprint density at radius 1 is 1.12 bits per heavy atom. The fourth-order valence-electron chi connectivity index (χ4n) is 3.52. The van der Waals surface area contributed by atoms with Crippen molar-refractivity contribution in [1.82, 2.24) is 4.90 Å².